The van der Waals surface area contributed by atoms with E-state index in [1.165, 1.54) is 12.3 Å². The van der Waals surface area contributed by atoms with Gasteiger partial charge in [0.05, 0.1) is 6.20 Å². The number of carbonyl (C=O) groups is 1. The molecule has 3 rings (SSSR count). The van der Waals surface area contributed by atoms with Crippen molar-refractivity contribution in [2.75, 3.05) is 5.32 Å². The molecule has 0 aliphatic heterocycles. The highest BCUT2D eigenvalue weighted by Crippen LogP contribution is 2.22. The molecule has 0 atom stereocenters. The summed E-state index contributed by atoms with van der Waals surface area (Å²) in [4.78, 5) is 16.4. The summed E-state index contributed by atoms with van der Waals surface area (Å²) in [5.41, 5.74) is 0.977. The maximum atomic E-state index is 13.0. The van der Waals surface area contributed by atoms with Crippen molar-refractivity contribution < 1.29 is 13.6 Å². The van der Waals surface area contributed by atoms with Gasteiger partial charge in [-0.3, -0.25) is 4.79 Å². The summed E-state index contributed by atoms with van der Waals surface area (Å²) in [5.74, 6) is -0.445. The number of amides is 1. The molecule has 0 bridgehead atoms. The minimum atomic E-state index is -2.70. The standard InChI is InChI=1S/C15H12F2N4O/c1-9-7-12(13(16)17)21-14(19-9)11(8-18-21)15(22)20-10-5-3-2-4-6-10/h2-8,13H,1H3,(H,20,22). The second-order valence-electron chi connectivity index (χ2n) is 4.74. The molecule has 0 unspecified atom stereocenters. The van der Waals surface area contributed by atoms with E-state index in [0.29, 0.717) is 11.4 Å². The Morgan fingerprint density at radius 2 is 2.00 bits per heavy atom. The maximum Gasteiger partial charge on any atom is 0.280 e. The maximum absolute atomic E-state index is 13.0. The molecule has 1 aromatic carbocycles. The molecular formula is C15H12F2N4O. The van der Waals surface area contributed by atoms with Crippen molar-refractivity contribution in [2.45, 2.75) is 13.3 Å². The number of nitrogens with one attached hydrogen (secondary N) is 1. The number of rotatable bonds is 3. The lowest BCUT2D eigenvalue weighted by Crippen LogP contribution is -2.12. The van der Waals surface area contributed by atoms with Crippen LogP contribution in [0.3, 0.4) is 0 Å². The smallest absolute Gasteiger partial charge is 0.280 e. The molecule has 22 heavy (non-hydrogen) atoms. The van der Waals surface area contributed by atoms with Crippen LogP contribution in [-0.2, 0) is 0 Å². The van der Waals surface area contributed by atoms with Gasteiger partial charge in [0.1, 0.15) is 11.3 Å². The summed E-state index contributed by atoms with van der Waals surface area (Å²) >= 11 is 0. The summed E-state index contributed by atoms with van der Waals surface area (Å²) in [7, 11) is 0. The van der Waals surface area contributed by atoms with E-state index >= 15 is 0 Å². The van der Waals surface area contributed by atoms with Gasteiger partial charge in [-0.1, -0.05) is 18.2 Å². The molecule has 0 saturated heterocycles. The molecule has 3 aromatic rings. The summed E-state index contributed by atoms with van der Waals surface area (Å²) in [6.07, 6.45) is -1.46. The van der Waals surface area contributed by atoms with Crippen LogP contribution < -0.4 is 5.32 Å². The number of fused-ring (bicyclic) bond motifs is 1. The minimum absolute atomic E-state index is 0.115. The molecule has 2 heterocycles. The van der Waals surface area contributed by atoms with Crippen molar-refractivity contribution in [1.29, 1.82) is 0 Å². The zero-order chi connectivity index (χ0) is 15.7. The Balaban J connectivity index is 2.03. The van der Waals surface area contributed by atoms with Crippen LogP contribution in [0.4, 0.5) is 14.5 Å². The third-order valence-electron chi connectivity index (χ3n) is 3.13. The molecule has 0 aliphatic rings. The molecule has 0 fully saturated rings. The lowest BCUT2D eigenvalue weighted by atomic mass is 10.2. The normalized spacial score (nSPS) is 11.1. The molecule has 1 N–H and O–H groups in total. The highest BCUT2D eigenvalue weighted by Gasteiger charge is 2.20. The van der Waals surface area contributed by atoms with Gasteiger partial charge in [-0.2, -0.15) is 5.10 Å². The number of nitrogens with zero attached hydrogens (tertiary/aromatic N) is 3. The van der Waals surface area contributed by atoms with E-state index in [1.54, 1.807) is 31.2 Å². The number of aromatic nitrogens is 3. The van der Waals surface area contributed by atoms with E-state index in [0.717, 1.165) is 4.52 Å². The number of hydrogen-bond acceptors (Lipinski definition) is 3. The largest absolute Gasteiger partial charge is 0.322 e. The number of benzene rings is 1. The van der Waals surface area contributed by atoms with Crippen molar-refractivity contribution in [3.63, 3.8) is 0 Å². The van der Waals surface area contributed by atoms with Crippen molar-refractivity contribution in [1.82, 2.24) is 14.6 Å². The van der Waals surface area contributed by atoms with E-state index in [2.05, 4.69) is 15.4 Å². The fourth-order valence-electron chi connectivity index (χ4n) is 2.15. The molecule has 112 valence electrons. The van der Waals surface area contributed by atoms with E-state index in [4.69, 9.17) is 0 Å². The molecule has 0 saturated carbocycles. The first-order valence-electron chi connectivity index (χ1n) is 6.56. The van der Waals surface area contributed by atoms with Gasteiger partial charge in [-0.25, -0.2) is 18.3 Å². The summed E-state index contributed by atoms with van der Waals surface area (Å²) in [5, 5.41) is 6.54. The fraction of sp³-hybridized carbons (Fsp3) is 0.133. The van der Waals surface area contributed by atoms with Crippen LogP contribution in [0.15, 0.2) is 42.6 Å². The van der Waals surface area contributed by atoms with Gasteiger partial charge in [0.25, 0.3) is 12.3 Å². The summed E-state index contributed by atoms with van der Waals surface area (Å²) < 4.78 is 27.1. The monoisotopic (exact) mass is 302 g/mol. The highest BCUT2D eigenvalue weighted by atomic mass is 19.3. The van der Waals surface area contributed by atoms with E-state index in [-0.39, 0.29) is 16.9 Å². The van der Waals surface area contributed by atoms with E-state index in [9.17, 15) is 13.6 Å². The van der Waals surface area contributed by atoms with Crippen molar-refractivity contribution in [2.24, 2.45) is 0 Å². The molecular weight excluding hydrogens is 290 g/mol. The average Bonchev–Trinajstić information content (AvgIpc) is 2.90. The van der Waals surface area contributed by atoms with Crippen LogP contribution >= 0.6 is 0 Å². The predicted molar refractivity (Wildman–Crippen MR) is 77.1 cm³/mol. The topological polar surface area (TPSA) is 59.3 Å². The van der Waals surface area contributed by atoms with Gasteiger partial charge < -0.3 is 5.32 Å². The van der Waals surface area contributed by atoms with Crippen LogP contribution in [0.2, 0.25) is 0 Å². The van der Waals surface area contributed by atoms with Crippen LogP contribution in [0, 0.1) is 6.92 Å². The number of para-hydroxylation sites is 1. The Bertz CT molecular complexity index is 830. The van der Waals surface area contributed by atoms with Gasteiger partial charge in [-0.05, 0) is 25.1 Å². The van der Waals surface area contributed by atoms with Crippen molar-refractivity contribution in [3.8, 4) is 0 Å². The molecule has 0 aliphatic carbocycles. The second-order valence-corrected chi connectivity index (χ2v) is 4.74. The lowest BCUT2D eigenvalue weighted by Gasteiger charge is -2.06. The van der Waals surface area contributed by atoms with Gasteiger partial charge in [0.2, 0.25) is 0 Å². The molecule has 5 nitrogen and oxygen atoms in total. The van der Waals surface area contributed by atoms with Gasteiger partial charge in [0.15, 0.2) is 5.65 Å². The second kappa shape index (κ2) is 5.51. The van der Waals surface area contributed by atoms with Gasteiger partial charge in [0, 0.05) is 11.4 Å². The third kappa shape index (κ3) is 2.52. The number of anilines is 1. The number of alkyl halides is 2. The van der Waals surface area contributed by atoms with Crippen LogP contribution in [0.25, 0.3) is 5.65 Å². The lowest BCUT2D eigenvalue weighted by molar-refractivity contribution is 0.102. The Hall–Kier alpha value is -2.83. The number of carbonyl (C=O) groups excluding carboxylic acids is 1. The zero-order valence-electron chi connectivity index (χ0n) is 11.6. The van der Waals surface area contributed by atoms with Crippen molar-refractivity contribution >= 4 is 17.2 Å². The molecule has 1 amide bonds. The Labute approximate surface area is 124 Å². The Morgan fingerprint density at radius 1 is 1.27 bits per heavy atom. The Kier molecular flexibility index (Phi) is 3.54. The van der Waals surface area contributed by atoms with E-state index < -0.39 is 12.3 Å². The Morgan fingerprint density at radius 3 is 2.68 bits per heavy atom. The number of aryl methyl sites for hydroxylation is 1. The number of hydrogen-bond donors (Lipinski definition) is 1. The molecule has 2 aromatic heterocycles. The van der Waals surface area contributed by atoms with Crippen LogP contribution in [0.5, 0.6) is 0 Å². The first kappa shape index (κ1) is 14.1. The van der Waals surface area contributed by atoms with Crippen LogP contribution in [-0.4, -0.2) is 20.5 Å². The zero-order valence-corrected chi connectivity index (χ0v) is 11.6. The molecule has 0 spiro atoms. The molecule has 0 radical (unpaired) electrons. The summed E-state index contributed by atoms with van der Waals surface area (Å²) in [6.45, 7) is 1.60. The first-order valence-corrected chi connectivity index (χ1v) is 6.56. The average molecular weight is 302 g/mol. The van der Waals surface area contributed by atoms with Gasteiger partial charge >= 0.3 is 0 Å². The highest BCUT2D eigenvalue weighted by molar-refractivity contribution is 6.08. The minimum Gasteiger partial charge on any atom is -0.322 e. The fourth-order valence-corrected chi connectivity index (χ4v) is 2.15. The first-order chi connectivity index (χ1) is 10.6. The quantitative estimate of drug-likeness (QED) is 0.808. The number of halogens is 2. The summed E-state index contributed by atoms with van der Waals surface area (Å²) in [6, 6.07) is 10.1. The van der Waals surface area contributed by atoms with E-state index in [1.807, 2.05) is 6.07 Å². The van der Waals surface area contributed by atoms with Crippen molar-refractivity contribution in [3.05, 3.63) is 59.5 Å². The van der Waals surface area contributed by atoms with Gasteiger partial charge in [-0.15, -0.1) is 0 Å². The SMILES string of the molecule is Cc1cc(C(F)F)n2ncc(C(=O)Nc3ccccc3)c2n1. The van der Waals surface area contributed by atoms with Crippen LogP contribution in [0.1, 0.15) is 28.2 Å². The third-order valence-corrected chi connectivity index (χ3v) is 3.13. The molecule has 7 heteroatoms. The predicted octanol–water partition coefficient (Wildman–Crippen LogP) is 3.23.